The molecule has 1 aliphatic rings. The van der Waals surface area contributed by atoms with Crippen LogP contribution < -0.4 is 11.1 Å². The average Bonchev–Trinajstić information content (AvgIpc) is 2.94. The summed E-state index contributed by atoms with van der Waals surface area (Å²) in [7, 11) is 0.121. The van der Waals surface area contributed by atoms with Gasteiger partial charge < -0.3 is 43.9 Å². The predicted molar refractivity (Wildman–Crippen MR) is 102 cm³/mol. The van der Waals surface area contributed by atoms with Crippen LogP contribution >= 0.6 is 8.60 Å². The van der Waals surface area contributed by atoms with Gasteiger partial charge in [0, 0.05) is 12.5 Å². The van der Waals surface area contributed by atoms with Gasteiger partial charge in [-0.2, -0.15) is 0 Å². The Hall–Kier alpha value is -0.515. The molecule has 12 heteroatoms. The van der Waals surface area contributed by atoms with E-state index in [9.17, 15) is 9.69 Å². The quantitative estimate of drug-likeness (QED) is 0.174. The fourth-order valence-electron chi connectivity index (χ4n) is 2.50. The zero-order chi connectivity index (χ0) is 19.9. The molecule has 1 heterocycles. The van der Waals surface area contributed by atoms with E-state index < -0.39 is 14.6 Å². The fraction of sp³-hybridized carbons (Fsp3) is 0.933. The lowest BCUT2D eigenvalue weighted by Crippen LogP contribution is -2.32. The molecule has 0 saturated carbocycles. The van der Waals surface area contributed by atoms with Gasteiger partial charge in [-0.15, -0.1) is 0 Å². The van der Waals surface area contributed by atoms with Gasteiger partial charge >= 0.3 is 14.6 Å². The number of hydrogen-bond donors (Lipinski definition) is 3. The van der Waals surface area contributed by atoms with Gasteiger partial charge in [0.25, 0.3) is 0 Å². The molecule has 0 spiro atoms. The van der Waals surface area contributed by atoms with Crippen molar-refractivity contribution in [3.63, 3.8) is 0 Å². The van der Waals surface area contributed by atoms with Gasteiger partial charge in [-0.25, -0.2) is 4.79 Å². The third-order valence-corrected chi connectivity index (χ3v) is 4.59. The Labute approximate surface area is 162 Å². The summed E-state index contributed by atoms with van der Waals surface area (Å²) in [5.74, 6) is 0.420. The largest absolute Gasteiger partial charge is 0.381 e. The molecule has 2 amide bonds. The Morgan fingerprint density at radius 1 is 1.15 bits per heavy atom. The SMILES string of the molecule is BC1CC(C)C(COP(O)OCCOCCOCCOCCNC(N)=O)O1. The van der Waals surface area contributed by atoms with E-state index in [-0.39, 0.29) is 18.7 Å². The molecule has 27 heavy (non-hydrogen) atoms. The standard InChI is InChI=1S/C15H32BN2O8P/c1-12-10-14(16)26-13(12)11-25-27(20)24-9-8-23-7-6-22-5-4-21-3-2-18-15(17)19/h12-14,20H,2-11,16H2,1H3,(H3,17,18,19). The highest BCUT2D eigenvalue weighted by molar-refractivity contribution is 7.40. The van der Waals surface area contributed by atoms with Crippen molar-refractivity contribution in [1.82, 2.24) is 5.32 Å². The molecule has 0 bridgehead atoms. The number of carbonyl (C=O) groups excluding carboxylic acids is 1. The van der Waals surface area contributed by atoms with Crippen molar-refractivity contribution in [3.8, 4) is 0 Å². The summed E-state index contributed by atoms with van der Waals surface area (Å²) in [5.41, 5.74) is 4.91. The lowest BCUT2D eigenvalue weighted by Gasteiger charge is -2.17. The minimum absolute atomic E-state index is 0.0116. The molecule has 1 saturated heterocycles. The number of amides is 2. The van der Waals surface area contributed by atoms with Crippen LogP contribution in [0.2, 0.25) is 0 Å². The molecular weight excluding hydrogens is 378 g/mol. The number of primary amides is 1. The minimum Gasteiger partial charge on any atom is -0.381 e. The molecule has 0 aromatic rings. The van der Waals surface area contributed by atoms with Crippen LogP contribution in [0.15, 0.2) is 0 Å². The van der Waals surface area contributed by atoms with E-state index in [1.807, 2.05) is 7.85 Å². The molecule has 1 fully saturated rings. The second-order valence-corrected chi connectivity index (χ2v) is 7.19. The van der Waals surface area contributed by atoms with Crippen LogP contribution in [0, 0.1) is 5.92 Å². The van der Waals surface area contributed by atoms with Gasteiger partial charge in [-0.1, -0.05) is 6.92 Å². The van der Waals surface area contributed by atoms with E-state index >= 15 is 0 Å². The van der Waals surface area contributed by atoms with Crippen molar-refractivity contribution in [3.05, 3.63) is 0 Å². The predicted octanol–water partition coefficient (Wildman–Crippen LogP) is -0.659. The second kappa shape index (κ2) is 15.4. The second-order valence-electron chi connectivity index (χ2n) is 6.19. The van der Waals surface area contributed by atoms with Crippen molar-refractivity contribution in [2.24, 2.45) is 11.7 Å². The van der Waals surface area contributed by atoms with E-state index in [4.69, 9.17) is 33.7 Å². The molecule has 1 aliphatic heterocycles. The Bertz CT molecular complexity index is 399. The Morgan fingerprint density at radius 3 is 2.30 bits per heavy atom. The fourth-order valence-corrected chi connectivity index (χ4v) is 3.08. The first-order chi connectivity index (χ1) is 13.0. The molecule has 0 aromatic carbocycles. The van der Waals surface area contributed by atoms with Crippen molar-refractivity contribution < 1.29 is 37.7 Å². The van der Waals surface area contributed by atoms with Crippen molar-refractivity contribution >= 4 is 22.5 Å². The third-order valence-electron chi connectivity index (χ3n) is 3.81. The van der Waals surface area contributed by atoms with Gasteiger partial charge in [0.2, 0.25) is 0 Å². The highest BCUT2D eigenvalue weighted by Gasteiger charge is 2.30. The first kappa shape index (κ1) is 24.5. The maximum atomic E-state index is 10.4. The maximum absolute atomic E-state index is 10.4. The average molecular weight is 410 g/mol. The van der Waals surface area contributed by atoms with E-state index in [0.717, 1.165) is 6.42 Å². The molecule has 10 nitrogen and oxygen atoms in total. The van der Waals surface area contributed by atoms with Gasteiger partial charge in [-0.3, -0.25) is 0 Å². The van der Waals surface area contributed by atoms with Crippen LogP contribution in [0.5, 0.6) is 0 Å². The number of nitrogens with two attached hydrogens (primary N) is 1. The van der Waals surface area contributed by atoms with Crippen LogP contribution in [-0.2, 0) is 28.0 Å². The highest BCUT2D eigenvalue weighted by atomic mass is 31.2. The summed E-state index contributed by atoms with van der Waals surface area (Å²) in [6.07, 6.45) is 1.02. The number of ether oxygens (including phenoxy) is 4. The molecular formula is C15H32BN2O8P. The Kier molecular flexibility index (Phi) is 14.0. The van der Waals surface area contributed by atoms with Gasteiger partial charge in [0.15, 0.2) is 0 Å². The van der Waals surface area contributed by atoms with E-state index in [0.29, 0.717) is 58.7 Å². The highest BCUT2D eigenvalue weighted by Crippen LogP contribution is 2.35. The van der Waals surface area contributed by atoms with Crippen LogP contribution in [0.1, 0.15) is 13.3 Å². The van der Waals surface area contributed by atoms with Crippen LogP contribution in [-0.4, -0.2) is 90.3 Å². The molecule has 158 valence electrons. The lowest BCUT2D eigenvalue weighted by molar-refractivity contribution is 0.00645. The first-order valence-corrected chi connectivity index (χ1v) is 10.3. The molecule has 0 aromatic heterocycles. The zero-order valence-corrected chi connectivity index (χ0v) is 17.0. The van der Waals surface area contributed by atoms with Gasteiger partial charge in [0.05, 0.1) is 59.0 Å². The number of rotatable bonds is 16. The summed E-state index contributed by atoms with van der Waals surface area (Å²) in [6.45, 7) is 5.52. The Balaban J connectivity index is 1.80. The normalized spacial score (nSPS) is 23.4. The van der Waals surface area contributed by atoms with Crippen LogP contribution in [0.25, 0.3) is 0 Å². The summed E-state index contributed by atoms with van der Waals surface area (Å²) < 4.78 is 32.1. The van der Waals surface area contributed by atoms with Crippen LogP contribution in [0.3, 0.4) is 0 Å². The van der Waals surface area contributed by atoms with E-state index in [2.05, 4.69) is 12.2 Å². The molecule has 0 aliphatic carbocycles. The van der Waals surface area contributed by atoms with Gasteiger partial charge in [-0.05, 0) is 12.3 Å². The Morgan fingerprint density at radius 2 is 1.74 bits per heavy atom. The summed E-state index contributed by atoms with van der Waals surface area (Å²) in [5, 5.41) is 2.42. The topological polar surface area (TPSA) is 131 Å². The third kappa shape index (κ3) is 13.3. The monoisotopic (exact) mass is 410 g/mol. The molecule has 4 atom stereocenters. The van der Waals surface area contributed by atoms with Crippen molar-refractivity contribution in [2.75, 3.05) is 59.4 Å². The van der Waals surface area contributed by atoms with Crippen LogP contribution in [0.4, 0.5) is 4.79 Å². The van der Waals surface area contributed by atoms with E-state index in [1.54, 1.807) is 0 Å². The number of carbonyl (C=O) groups is 1. The lowest BCUT2D eigenvalue weighted by atomic mass is 9.92. The molecule has 4 unspecified atom stereocenters. The number of urea groups is 1. The minimum atomic E-state index is -1.91. The molecule has 0 radical (unpaired) electrons. The first-order valence-electron chi connectivity index (χ1n) is 9.16. The zero-order valence-electron chi connectivity index (χ0n) is 16.1. The smallest absolute Gasteiger partial charge is 0.330 e. The van der Waals surface area contributed by atoms with Crippen molar-refractivity contribution in [1.29, 1.82) is 0 Å². The van der Waals surface area contributed by atoms with Crippen molar-refractivity contribution in [2.45, 2.75) is 25.5 Å². The maximum Gasteiger partial charge on any atom is 0.330 e. The summed E-state index contributed by atoms with van der Waals surface area (Å²) in [4.78, 5) is 20.1. The summed E-state index contributed by atoms with van der Waals surface area (Å²) in [6, 6.07) is -0.330. The van der Waals surface area contributed by atoms with Gasteiger partial charge in [0.1, 0.15) is 7.85 Å². The molecule has 1 rings (SSSR count). The number of hydrogen-bond acceptors (Lipinski definition) is 8. The summed E-state index contributed by atoms with van der Waals surface area (Å²) >= 11 is 0. The molecule has 4 N–H and O–H groups in total. The van der Waals surface area contributed by atoms with E-state index in [1.165, 1.54) is 0 Å². The number of nitrogens with one attached hydrogen (secondary N) is 1.